The van der Waals surface area contributed by atoms with Crippen LogP contribution in [0.4, 0.5) is 9.19 Å². The van der Waals surface area contributed by atoms with Gasteiger partial charge in [-0.25, -0.2) is 0 Å². The Bertz CT molecular complexity index is 4.00. The summed E-state index contributed by atoms with van der Waals surface area (Å²) in [6, 6.07) is 0. The van der Waals surface area contributed by atoms with E-state index in [1.165, 1.54) is 0 Å². The molecule has 0 saturated carbocycles. The van der Waals surface area contributed by atoms with Crippen molar-refractivity contribution in [1.82, 2.24) is 6.15 Å². The predicted octanol–water partition coefficient (Wildman–Crippen LogP) is 0.144. The van der Waals surface area contributed by atoms with Crippen molar-refractivity contribution in [3.8, 4) is 0 Å². The highest BCUT2D eigenvalue weighted by Crippen LogP contribution is 0.933. The van der Waals surface area contributed by atoms with Crippen LogP contribution in [0.3, 0.4) is 0 Å². The summed E-state index contributed by atoms with van der Waals surface area (Å²) in [6.45, 7) is 0. The summed E-state index contributed by atoms with van der Waals surface area (Å²) in [5.41, 5.74) is 0. The molecular formula is H6F2N2. The van der Waals surface area contributed by atoms with Crippen molar-refractivity contribution in [3.63, 3.8) is 0 Å². The van der Waals surface area contributed by atoms with Gasteiger partial charge in [-0.2, -0.15) is 5.96 Å². The van der Waals surface area contributed by atoms with Crippen molar-refractivity contribution in [2.24, 2.45) is 5.96 Å². The van der Waals surface area contributed by atoms with Crippen LogP contribution in [-0.2, 0) is 0 Å². The molecule has 0 aliphatic carbocycles. The molecule has 0 bridgehead atoms. The summed E-state index contributed by atoms with van der Waals surface area (Å²) in [5.74, 6) is 3.00. The molecule has 0 aromatic carbocycles. The molecule has 0 aliphatic heterocycles. The summed E-state index contributed by atoms with van der Waals surface area (Å²) < 4.78 is 9.00. The summed E-state index contributed by atoms with van der Waals surface area (Å²) in [5, 5.41) is 0. The zero-order chi connectivity index (χ0) is 2.00. The van der Waals surface area contributed by atoms with Crippen LogP contribution in [0.5, 0.6) is 0 Å². The van der Waals surface area contributed by atoms with Crippen LogP contribution in [0.15, 0.2) is 0 Å². The van der Waals surface area contributed by atoms with Gasteiger partial charge in [0.05, 0.1) is 0 Å². The lowest BCUT2D eigenvalue weighted by atomic mass is 13.8. The Balaban J connectivity index is -0.00000000500. The zero-order valence-electron chi connectivity index (χ0n) is 2.07. The first-order chi connectivity index (χ1) is 1.00. The van der Waals surface area contributed by atoms with E-state index >= 15 is 0 Å². The van der Waals surface area contributed by atoms with E-state index in [0.29, 0.717) is 0 Å². The monoisotopic (exact) mass is 72.0 g/mol. The highest BCUT2D eigenvalue weighted by Gasteiger charge is 0.844. The predicted molar refractivity (Wildman–Crippen MR) is 12.8 cm³/mol. The quantitative estimate of drug-likeness (QED) is 0.400. The van der Waals surface area contributed by atoms with Gasteiger partial charge in [-0.1, -0.05) is 0 Å². The van der Waals surface area contributed by atoms with Gasteiger partial charge in [0.15, 0.2) is 0 Å². The minimum atomic E-state index is 0. The molecule has 0 aliphatic rings. The topological polar surface area (TPSA) is 61.0 Å². The third-order valence-electron chi connectivity index (χ3n) is 0. The van der Waals surface area contributed by atoms with E-state index in [4.69, 9.17) is 4.48 Å². The van der Waals surface area contributed by atoms with Gasteiger partial charge in [0.25, 0.3) is 0 Å². The number of hydrogen-bond donors (Lipinski definition) is 2. The second-order valence-corrected chi connectivity index (χ2v) is 0. The smallest absolute Gasteiger partial charge is 0.141 e. The van der Waals surface area contributed by atoms with Crippen molar-refractivity contribution in [1.29, 1.82) is 0 Å². The normalized spacial score (nSPS) is 1.50. The second-order valence-electron chi connectivity index (χ2n) is 0. The van der Waals surface area contributed by atoms with E-state index in [1.807, 2.05) is 0 Å². The standard InChI is InChI=1S/FH2N.FH.H3N/c1-2;;/h2H2;1H;1H3. The fourth-order valence-electron chi connectivity index (χ4n) is 0. The van der Waals surface area contributed by atoms with Crippen molar-refractivity contribution in [2.75, 3.05) is 0 Å². The SMILES string of the molecule is F.N.NF. The number of rotatable bonds is 0. The van der Waals surface area contributed by atoms with Gasteiger partial charge in [0.1, 0.15) is 0 Å². The molecule has 0 aromatic rings. The van der Waals surface area contributed by atoms with Crippen molar-refractivity contribution >= 4 is 0 Å². The molecule has 0 amide bonds. The highest BCUT2D eigenvalue weighted by atomic mass is 19.2. The van der Waals surface area contributed by atoms with E-state index < -0.39 is 0 Å². The Morgan fingerprint density at radius 3 is 1.25 bits per heavy atom. The average Bonchev–Trinajstić information content (AvgIpc) is 1.00. The molecule has 0 saturated heterocycles. The molecule has 0 atom stereocenters. The Morgan fingerprint density at radius 2 is 1.25 bits per heavy atom. The minimum Gasteiger partial charge on any atom is -0.344 e. The molecule has 30 valence electrons. The molecule has 0 unspecified atom stereocenters. The molecule has 0 radical (unpaired) electrons. The van der Waals surface area contributed by atoms with Crippen LogP contribution < -0.4 is 12.1 Å². The van der Waals surface area contributed by atoms with Gasteiger partial charge in [-0.15, -0.1) is 4.48 Å². The van der Waals surface area contributed by atoms with Crippen LogP contribution in [0, 0.1) is 0 Å². The van der Waals surface area contributed by atoms with Gasteiger partial charge < -0.3 is 6.15 Å². The largest absolute Gasteiger partial charge is 0.344 e. The molecule has 4 heavy (non-hydrogen) atoms. The molecule has 0 heterocycles. The van der Waals surface area contributed by atoms with Gasteiger partial charge in [-0.3, -0.25) is 4.70 Å². The third-order valence-corrected chi connectivity index (χ3v) is 0. The van der Waals surface area contributed by atoms with E-state index in [2.05, 4.69) is 5.96 Å². The zero-order valence-corrected chi connectivity index (χ0v) is 2.07. The molecule has 0 aromatic heterocycles. The Morgan fingerprint density at radius 1 is 1.25 bits per heavy atom. The van der Waals surface area contributed by atoms with Crippen LogP contribution in [0.1, 0.15) is 0 Å². The molecule has 0 spiro atoms. The maximum absolute atomic E-state index is 9.00. The van der Waals surface area contributed by atoms with Crippen LogP contribution >= 0.6 is 0 Å². The highest BCUT2D eigenvalue weighted by molar-refractivity contribution is 2.84. The molecule has 5 N–H and O–H groups in total. The fourth-order valence-corrected chi connectivity index (χ4v) is 0. The minimum absolute atomic E-state index is 0. The second kappa shape index (κ2) is 182. The van der Waals surface area contributed by atoms with Gasteiger partial charge in [-0.05, 0) is 0 Å². The lowest BCUT2D eigenvalue weighted by molar-refractivity contribution is 0.530. The van der Waals surface area contributed by atoms with Crippen LogP contribution in [0.2, 0.25) is 0 Å². The fraction of sp³-hybridized carbons (Fsp3) is 0. The molecule has 0 fully saturated rings. The van der Waals surface area contributed by atoms with Gasteiger partial charge in [0, 0.05) is 0 Å². The molecule has 2 nitrogen and oxygen atoms in total. The lowest BCUT2D eigenvalue weighted by Gasteiger charge is -1.16. The first-order valence-corrected chi connectivity index (χ1v) is 0.218. The maximum Gasteiger partial charge on any atom is -0.141 e. The van der Waals surface area contributed by atoms with E-state index in [9.17, 15) is 0 Å². The Labute approximate surface area is 22.7 Å². The summed E-state index contributed by atoms with van der Waals surface area (Å²) >= 11 is 0. The van der Waals surface area contributed by atoms with Gasteiger partial charge >= 0.3 is 0 Å². The first kappa shape index (κ1) is 48.0. The summed E-state index contributed by atoms with van der Waals surface area (Å²) in [4.78, 5) is 0. The average molecular weight is 72.1 g/mol. The van der Waals surface area contributed by atoms with E-state index in [1.54, 1.807) is 0 Å². The van der Waals surface area contributed by atoms with Crippen molar-refractivity contribution < 1.29 is 9.19 Å². The van der Waals surface area contributed by atoms with Gasteiger partial charge in [0.2, 0.25) is 0 Å². The van der Waals surface area contributed by atoms with Crippen LogP contribution in [0.25, 0.3) is 0 Å². The molecular weight excluding hydrogens is 66.0 g/mol. The third kappa shape index (κ3) is 22.4. The van der Waals surface area contributed by atoms with E-state index in [-0.39, 0.29) is 10.9 Å². The first-order valence-electron chi connectivity index (χ1n) is 0.218. The summed E-state index contributed by atoms with van der Waals surface area (Å²) in [6.07, 6.45) is 0. The number of hydrogen-bond acceptors (Lipinski definition) is 2. The molecule has 0 rings (SSSR count). The number of halogens is 2. The van der Waals surface area contributed by atoms with Crippen molar-refractivity contribution in [2.45, 2.75) is 0 Å². The number of nitrogens with two attached hydrogens (primary N) is 1. The Kier molecular flexibility index (Phi) is 2180. The molecule has 4 heteroatoms. The Hall–Kier alpha value is -0.220. The van der Waals surface area contributed by atoms with E-state index in [0.717, 1.165) is 0 Å². The summed E-state index contributed by atoms with van der Waals surface area (Å²) in [7, 11) is 0. The van der Waals surface area contributed by atoms with Crippen molar-refractivity contribution in [3.05, 3.63) is 0 Å². The maximum atomic E-state index is 9.00. The van der Waals surface area contributed by atoms with Crippen LogP contribution in [-0.4, -0.2) is 0 Å². The lowest BCUT2D eigenvalue weighted by Crippen LogP contribution is -1.53.